The van der Waals surface area contributed by atoms with Gasteiger partial charge in [0, 0.05) is 0 Å². The van der Waals surface area contributed by atoms with E-state index in [0.717, 1.165) is 11.8 Å². The maximum absolute atomic E-state index is 11.8. The van der Waals surface area contributed by atoms with E-state index in [1.807, 2.05) is 0 Å². The van der Waals surface area contributed by atoms with Gasteiger partial charge < -0.3 is 9.16 Å². The Hall–Kier alpha value is -1.38. The van der Waals surface area contributed by atoms with Gasteiger partial charge in [-0.2, -0.15) is 0 Å². The molecule has 0 radical (unpaired) electrons. The lowest BCUT2D eigenvalue weighted by Gasteiger charge is -2.36. The number of sulfonamides is 1. The van der Waals surface area contributed by atoms with Crippen LogP contribution in [0.25, 0.3) is 0 Å². The molecule has 0 fully saturated rings. The Morgan fingerprint density at radius 3 is 2.29 bits per heavy atom. The lowest BCUT2D eigenvalue weighted by molar-refractivity contribution is 0.0602. The third-order valence-corrected chi connectivity index (χ3v) is 9.26. The van der Waals surface area contributed by atoms with E-state index in [1.54, 1.807) is 18.2 Å². The highest BCUT2D eigenvalue weighted by molar-refractivity contribution is 7.92. The lowest BCUT2D eigenvalue weighted by atomic mass is 10.1. The second kappa shape index (κ2) is 7.24. The van der Waals surface area contributed by atoms with Gasteiger partial charge in [0.1, 0.15) is 0 Å². The van der Waals surface area contributed by atoms with Crippen molar-refractivity contribution in [3.05, 3.63) is 29.3 Å². The molecule has 1 aromatic rings. The highest BCUT2D eigenvalue weighted by Crippen LogP contribution is 2.37. The zero-order valence-corrected chi connectivity index (χ0v) is 17.2. The van der Waals surface area contributed by atoms with Gasteiger partial charge in [0.15, 0.2) is 8.32 Å². The van der Waals surface area contributed by atoms with Gasteiger partial charge >= 0.3 is 5.97 Å². The maximum atomic E-state index is 11.8. The van der Waals surface area contributed by atoms with Gasteiger partial charge in [-0.25, -0.2) is 13.2 Å². The largest absolute Gasteiger partial charge is 0.465 e. The fraction of sp³-hybridized carbons (Fsp3) is 0.562. The number of esters is 1. The Bertz CT molecular complexity index is 708. The molecule has 0 heterocycles. The molecular formula is C16H27NO5SSi. The second-order valence-corrected chi connectivity index (χ2v) is 13.9. The van der Waals surface area contributed by atoms with E-state index >= 15 is 0 Å². The van der Waals surface area contributed by atoms with Crippen molar-refractivity contribution >= 4 is 30.0 Å². The first-order valence-electron chi connectivity index (χ1n) is 7.60. The molecule has 0 bridgehead atoms. The third kappa shape index (κ3) is 5.61. The molecule has 0 amide bonds. The van der Waals surface area contributed by atoms with Crippen molar-refractivity contribution in [3.8, 4) is 0 Å². The number of ether oxygens (including phenoxy) is 1. The Morgan fingerprint density at radius 2 is 1.83 bits per heavy atom. The first-order chi connectivity index (χ1) is 10.8. The summed E-state index contributed by atoms with van der Waals surface area (Å²) in [6.45, 7) is 11.1. The van der Waals surface area contributed by atoms with Crippen LogP contribution in [0.3, 0.4) is 0 Å². The van der Waals surface area contributed by atoms with Crippen LogP contribution in [0.1, 0.15) is 36.7 Å². The van der Waals surface area contributed by atoms with Crippen LogP contribution in [0.15, 0.2) is 18.2 Å². The number of nitrogens with one attached hydrogen (secondary N) is 1. The van der Waals surface area contributed by atoms with Crippen LogP contribution in [0.5, 0.6) is 0 Å². The quantitative estimate of drug-likeness (QED) is 0.611. The van der Waals surface area contributed by atoms with Crippen LogP contribution in [0.4, 0.5) is 5.69 Å². The maximum Gasteiger partial charge on any atom is 0.339 e. The predicted octanol–water partition coefficient (Wildman–Crippen LogP) is 3.37. The van der Waals surface area contributed by atoms with Crippen molar-refractivity contribution in [2.45, 2.75) is 45.5 Å². The van der Waals surface area contributed by atoms with Crippen molar-refractivity contribution in [1.82, 2.24) is 0 Å². The normalized spacial score (nSPS) is 12.8. The van der Waals surface area contributed by atoms with Crippen LogP contribution >= 0.6 is 0 Å². The summed E-state index contributed by atoms with van der Waals surface area (Å²) >= 11 is 0. The molecule has 136 valence electrons. The van der Waals surface area contributed by atoms with Crippen molar-refractivity contribution in [3.63, 3.8) is 0 Å². The zero-order valence-electron chi connectivity index (χ0n) is 15.4. The molecule has 0 aliphatic heterocycles. The van der Waals surface area contributed by atoms with E-state index in [4.69, 9.17) is 9.16 Å². The van der Waals surface area contributed by atoms with E-state index in [1.165, 1.54) is 7.11 Å². The lowest BCUT2D eigenvalue weighted by Crippen LogP contribution is -2.40. The molecule has 8 heteroatoms. The van der Waals surface area contributed by atoms with Gasteiger partial charge in [0.25, 0.3) is 0 Å². The number of methoxy groups -OCH3 is 1. The van der Waals surface area contributed by atoms with E-state index in [-0.39, 0.29) is 16.3 Å². The molecule has 0 saturated carbocycles. The van der Waals surface area contributed by atoms with Crippen LogP contribution < -0.4 is 4.72 Å². The topological polar surface area (TPSA) is 81.7 Å². The number of hydrogen-bond acceptors (Lipinski definition) is 5. The molecule has 0 spiro atoms. The van der Waals surface area contributed by atoms with Gasteiger partial charge in [-0.1, -0.05) is 26.8 Å². The predicted molar refractivity (Wildman–Crippen MR) is 98.2 cm³/mol. The monoisotopic (exact) mass is 373 g/mol. The Balaban J connectivity index is 3.11. The summed E-state index contributed by atoms with van der Waals surface area (Å²) in [7, 11) is -4.19. The van der Waals surface area contributed by atoms with Crippen molar-refractivity contribution in [2.24, 2.45) is 0 Å². The van der Waals surface area contributed by atoms with Gasteiger partial charge in [0.2, 0.25) is 10.0 Å². The summed E-state index contributed by atoms with van der Waals surface area (Å²) in [6.07, 6.45) is 1.03. The SMILES string of the molecule is COC(=O)c1ccc(CO[Si](C)(C)C(C)(C)C)cc1NS(C)(=O)=O. The zero-order chi connectivity index (χ0) is 18.8. The number of carbonyl (C=O) groups is 1. The molecule has 0 atom stereocenters. The van der Waals surface area contributed by atoms with Crippen molar-refractivity contribution < 1.29 is 22.4 Å². The summed E-state index contributed by atoms with van der Waals surface area (Å²) in [5.41, 5.74) is 1.15. The van der Waals surface area contributed by atoms with Crippen LogP contribution in [0, 0.1) is 0 Å². The standard InChI is InChI=1S/C16H27NO5SSi/c1-16(2,3)24(6,7)22-11-12-8-9-13(15(18)21-4)14(10-12)17-23(5,19)20/h8-10,17H,11H2,1-7H3. The molecule has 0 aromatic heterocycles. The molecule has 1 N–H and O–H groups in total. The Kier molecular flexibility index (Phi) is 6.24. The highest BCUT2D eigenvalue weighted by Gasteiger charge is 2.37. The number of hydrogen-bond donors (Lipinski definition) is 1. The average Bonchev–Trinajstić information content (AvgIpc) is 2.41. The van der Waals surface area contributed by atoms with Gasteiger partial charge in [-0.3, -0.25) is 4.72 Å². The van der Waals surface area contributed by atoms with Crippen molar-refractivity contribution in [2.75, 3.05) is 18.1 Å². The minimum absolute atomic E-state index is 0.0762. The highest BCUT2D eigenvalue weighted by atomic mass is 32.2. The third-order valence-electron chi connectivity index (χ3n) is 4.19. The van der Waals surface area contributed by atoms with Gasteiger partial charge in [0.05, 0.1) is 31.2 Å². The minimum Gasteiger partial charge on any atom is -0.465 e. The number of benzene rings is 1. The molecule has 0 saturated heterocycles. The van der Waals surface area contributed by atoms with Crippen LogP contribution in [0.2, 0.25) is 18.1 Å². The Morgan fingerprint density at radius 1 is 1.25 bits per heavy atom. The summed E-state index contributed by atoms with van der Waals surface area (Å²) < 4.78 is 36.3. The molecule has 24 heavy (non-hydrogen) atoms. The summed E-state index contributed by atoms with van der Waals surface area (Å²) in [6, 6.07) is 4.90. The number of anilines is 1. The molecule has 1 rings (SSSR count). The number of carbonyl (C=O) groups excluding carboxylic acids is 1. The summed E-state index contributed by atoms with van der Waals surface area (Å²) in [5.74, 6) is -0.599. The van der Waals surface area contributed by atoms with Crippen molar-refractivity contribution in [1.29, 1.82) is 0 Å². The summed E-state index contributed by atoms with van der Waals surface area (Å²) in [4.78, 5) is 11.8. The molecule has 0 aliphatic carbocycles. The molecular weight excluding hydrogens is 346 g/mol. The minimum atomic E-state index is -3.51. The first-order valence-corrected chi connectivity index (χ1v) is 12.4. The van der Waals surface area contributed by atoms with Crippen LogP contribution in [-0.2, 0) is 25.8 Å². The fourth-order valence-electron chi connectivity index (χ4n) is 1.73. The van der Waals surface area contributed by atoms with Crippen LogP contribution in [-0.4, -0.2) is 36.1 Å². The fourth-order valence-corrected chi connectivity index (χ4v) is 3.26. The molecule has 6 nitrogen and oxygen atoms in total. The average molecular weight is 374 g/mol. The molecule has 0 unspecified atom stereocenters. The molecule has 0 aliphatic rings. The van der Waals surface area contributed by atoms with E-state index < -0.39 is 24.3 Å². The Labute approximate surface area is 145 Å². The smallest absolute Gasteiger partial charge is 0.339 e. The molecule has 1 aromatic carbocycles. The first kappa shape index (κ1) is 20.7. The summed E-state index contributed by atoms with van der Waals surface area (Å²) in [5, 5.41) is 0.0762. The second-order valence-electron chi connectivity index (χ2n) is 7.29. The van der Waals surface area contributed by atoms with E-state index in [2.05, 4.69) is 38.6 Å². The van der Waals surface area contributed by atoms with E-state index in [9.17, 15) is 13.2 Å². The van der Waals surface area contributed by atoms with Gasteiger partial charge in [-0.15, -0.1) is 0 Å². The number of rotatable bonds is 6. The van der Waals surface area contributed by atoms with E-state index in [0.29, 0.717) is 6.61 Å². The van der Waals surface area contributed by atoms with Gasteiger partial charge in [-0.05, 0) is 35.8 Å².